The van der Waals surface area contributed by atoms with Gasteiger partial charge >= 0.3 is 0 Å². The van der Waals surface area contributed by atoms with Crippen molar-refractivity contribution < 1.29 is 9.18 Å². The zero-order valence-corrected chi connectivity index (χ0v) is 13.9. The zero-order valence-electron chi connectivity index (χ0n) is 13.9. The van der Waals surface area contributed by atoms with Gasteiger partial charge in [-0.05, 0) is 54.1 Å². The Morgan fingerprint density at radius 2 is 1.81 bits per heavy atom. The van der Waals surface area contributed by atoms with E-state index in [1.807, 2.05) is 53.1 Å². The van der Waals surface area contributed by atoms with Crippen molar-refractivity contribution in [2.45, 2.75) is 6.42 Å². The maximum Gasteiger partial charge on any atom is 0.228 e. The lowest BCUT2D eigenvalue weighted by atomic mass is 10.1. The highest BCUT2D eigenvalue weighted by molar-refractivity contribution is 5.92. The summed E-state index contributed by atoms with van der Waals surface area (Å²) >= 11 is 0. The van der Waals surface area contributed by atoms with Crippen LogP contribution in [-0.4, -0.2) is 15.5 Å². The number of anilines is 1. The first-order valence-electron chi connectivity index (χ1n) is 8.26. The molecule has 1 aromatic heterocycles. The minimum Gasteiger partial charge on any atom is -0.326 e. The van der Waals surface area contributed by atoms with Crippen LogP contribution in [0.2, 0.25) is 0 Å². The summed E-state index contributed by atoms with van der Waals surface area (Å²) in [7, 11) is 0. The van der Waals surface area contributed by atoms with Crippen LogP contribution in [0.15, 0.2) is 79.1 Å². The number of nitrogens with one attached hydrogen (secondary N) is 1. The molecule has 0 saturated carbocycles. The van der Waals surface area contributed by atoms with Crippen LogP contribution in [-0.2, 0) is 11.2 Å². The van der Waals surface area contributed by atoms with Gasteiger partial charge in [0, 0.05) is 11.4 Å². The molecule has 5 heteroatoms. The third-order valence-corrected chi connectivity index (χ3v) is 4.14. The van der Waals surface area contributed by atoms with E-state index in [1.54, 1.807) is 18.5 Å². The van der Waals surface area contributed by atoms with E-state index in [-0.39, 0.29) is 18.1 Å². The quantitative estimate of drug-likeness (QED) is 0.598. The topological polar surface area (TPSA) is 46.9 Å². The van der Waals surface area contributed by atoms with Crippen molar-refractivity contribution in [3.8, 4) is 5.69 Å². The number of carbonyl (C=O) groups is 1. The first-order chi connectivity index (χ1) is 12.7. The molecule has 1 N–H and O–H groups in total. The van der Waals surface area contributed by atoms with E-state index in [4.69, 9.17) is 0 Å². The molecule has 128 valence electrons. The summed E-state index contributed by atoms with van der Waals surface area (Å²) in [6.45, 7) is 0. The Morgan fingerprint density at radius 3 is 2.62 bits per heavy atom. The van der Waals surface area contributed by atoms with Gasteiger partial charge in [0.05, 0.1) is 17.5 Å². The Kier molecular flexibility index (Phi) is 4.19. The van der Waals surface area contributed by atoms with Crippen LogP contribution in [0.3, 0.4) is 0 Å². The van der Waals surface area contributed by atoms with Crippen molar-refractivity contribution in [2.75, 3.05) is 5.32 Å². The Labute approximate surface area is 149 Å². The van der Waals surface area contributed by atoms with Crippen molar-refractivity contribution in [3.05, 3.63) is 90.5 Å². The Hall–Kier alpha value is -3.47. The third-order valence-electron chi connectivity index (χ3n) is 4.14. The summed E-state index contributed by atoms with van der Waals surface area (Å²) in [4.78, 5) is 16.5. The molecular weight excluding hydrogens is 329 g/mol. The molecule has 0 aliphatic carbocycles. The first kappa shape index (κ1) is 16.0. The molecule has 4 aromatic rings. The molecule has 0 radical (unpaired) electrons. The fourth-order valence-corrected chi connectivity index (χ4v) is 2.91. The van der Waals surface area contributed by atoms with Crippen LogP contribution in [0, 0.1) is 5.82 Å². The van der Waals surface area contributed by atoms with Gasteiger partial charge in [0.1, 0.15) is 12.1 Å². The van der Waals surface area contributed by atoms with E-state index in [2.05, 4.69) is 10.3 Å². The molecule has 3 aromatic carbocycles. The number of rotatable bonds is 4. The van der Waals surface area contributed by atoms with Gasteiger partial charge in [-0.1, -0.05) is 24.3 Å². The van der Waals surface area contributed by atoms with Crippen LogP contribution in [0.1, 0.15) is 5.56 Å². The summed E-state index contributed by atoms with van der Waals surface area (Å²) in [5.74, 6) is -0.524. The van der Waals surface area contributed by atoms with Crippen molar-refractivity contribution in [1.82, 2.24) is 9.55 Å². The Balaban J connectivity index is 1.48. The minimum atomic E-state index is -0.341. The maximum atomic E-state index is 13.2. The van der Waals surface area contributed by atoms with E-state index < -0.39 is 0 Å². The third kappa shape index (κ3) is 3.32. The number of aromatic nitrogens is 2. The summed E-state index contributed by atoms with van der Waals surface area (Å²) in [6.07, 6.45) is 1.91. The highest BCUT2D eigenvalue weighted by atomic mass is 19.1. The average molecular weight is 345 g/mol. The molecule has 26 heavy (non-hydrogen) atoms. The van der Waals surface area contributed by atoms with Crippen LogP contribution in [0.25, 0.3) is 16.7 Å². The predicted molar refractivity (Wildman–Crippen MR) is 99.8 cm³/mol. The summed E-state index contributed by atoms with van der Waals surface area (Å²) < 4.78 is 15.2. The molecule has 4 nitrogen and oxygen atoms in total. The molecule has 4 rings (SSSR count). The number of imidazole rings is 1. The number of para-hydroxylation sites is 2. The fraction of sp³-hybridized carbons (Fsp3) is 0.0476. The summed E-state index contributed by atoms with van der Waals surface area (Å²) in [6, 6.07) is 21.5. The summed E-state index contributed by atoms with van der Waals surface area (Å²) in [5, 5.41) is 2.83. The van der Waals surface area contributed by atoms with Gasteiger partial charge in [0.15, 0.2) is 0 Å². The fourth-order valence-electron chi connectivity index (χ4n) is 2.91. The molecule has 1 amide bonds. The molecule has 0 spiro atoms. The number of hydrogen-bond acceptors (Lipinski definition) is 2. The van der Waals surface area contributed by atoms with Gasteiger partial charge in [-0.2, -0.15) is 0 Å². The molecule has 0 aliphatic heterocycles. The number of halogens is 1. The van der Waals surface area contributed by atoms with E-state index in [1.165, 1.54) is 12.1 Å². The lowest BCUT2D eigenvalue weighted by molar-refractivity contribution is -0.115. The van der Waals surface area contributed by atoms with Crippen molar-refractivity contribution in [1.29, 1.82) is 0 Å². The lowest BCUT2D eigenvalue weighted by Crippen LogP contribution is -2.14. The first-order valence-corrected chi connectivity index (χ1v) is 8.26. The minimum absolute atomic E-state index is 0.131. The van der Waals surface area contributed by atoms with E-state index >= 15 is 0 Å². The number of amides is 1. The van der Waals surface area contributed by atoms with Gasteiger partial charge < -0.3 is 5.32 Å². The largest absolute Gasteiger partial charge is 0.326 e. The molecule has 0 bridgehead atoms. The van der Waals surface area contributed by atoms with Gasteiger partial charge in [0.2, 0.25) is 5.91 Å². The molecule has 1 heterocycles. The SMILES string of the molecule is O=C(Cc1cccc(F)c1)Nc1ccc(-n2cnc3ccccc32)cc1. The van der Waals surface area contributed by atoms with E-state index in [0.717, 1.165) is 16.7 Å². The normalized spacial score (nSPS) is 10.8. The van der Waals surface area contributed by atoms with Crippen molar-refractivity contribution in [3.63, 3.8) is 0 Å². The number of fused-ring (bicyclic) bond motifs is 1. The molecular formula is C21H16FN3O. The highest BCUT2D eigenvalue weighted by Gasteiger charge is 2.07. The summed E-state index contributed by atoms with van der Waals surface area (Å²) in [5.41, 5.74) is 4.25. The standard InChI is InChI=1S/C21H16FN3O/c22-16-5-3-4-15(12-16)13-21(26)24-17-8-10-18(11-9-17)25-14-23-19-6-1-2-7-20(19)25/h1-12,14H,13H2,(H,24,26). The number of benzene rings is 3. The second-order valence-corrected chi connectivity index (χ2v) is 6.01. The van der Waals surface area contributed by atoms with Gasteiger partial charge in [-0.15, -0.1) is 0 Å². The number of hydrogen-bond donors (Lipinski definition) is 1. The van der Waals surface area contributed by atoms with Crippen LogP contribution in [0.4, 0.5) is 10.1 Å². The molecule has 0 fully saturated rings. The van der Waals surface area contributed by atoms with Crippen LogP contribution in [0.5, 0.6) is 0 Å². The smallest absolute Gasteiger partial charge is 0.228 e. The number of carbonyl (C=O) groups excluding carboxylic acids is 1. The van der Waals surface area contributed by atoms with Gasteiger partial charge in [0.25, 0.3) is 0 Å². The maximum absolute atomic E-state index is 13.2. The second kappa shape index (κ2) is 6.80. The molecule has 0 unspecified atom stereocenters. The van der Waals surface area contributed by atoms with E-state index in [0.29, 0.717) is 11.3 Å². The van der Waals surface area contributed by atoms with Crippen LogP contribution < -0.4 is 5.32 Å². The molecule has 0 aliphatic rings. The Bertz CT molecular complexity index is 1070. The van der Waals surface area contributed by atoms with Gasteiger partial charge in [-0.3, -0.25) is 9.36 Å². The monoisotopic (exact) mass is 345 g/mol. The van der Waals surface area contributed by atoms with Crippen molar-refractivity contribution in [2.24, 2.45) is 0 Å². The number of nitrogens with zero attached hydrogens (tertiary/aromatic N) is 2. The van der Waals surface area contributed by atoms with Crippen LogP contribution >= 0.6 is 0 Å². The lowest BCUT2D eigenvalue weighted by Gasteiger charge is -2.08. The second-order valence-electron chi connectivity index (χ2n) is 6.01. The van der Waals surface area contributed by atoms with Gasteiger partial charge in [-0.25, -0.2) is 9.37 Å². The molecule has 0 saturated heterocycles. The molecule has 0 atom stereocenters. The average Bonchev–Trinajstić information content (AvgIpc) is 3.06. The predicted octanol–water partition coefficient (Wildman–Crippen LogP) is 4.35. The Morgan fingerprint density at radius 1 is 1.00 bits per heavy atom. The zero-order chi connectivity index (χ0) is 17.9. The van der Waals surface area contributed by atoms with Crippen molar-refractivity contribution >= 4 is 22.6 Å². The van der Waals surface area contributed by atoms with E-state index in [9.17, 15) is 9.18 Å². The highest BCUT2D eigenvalue weighted by Crippen LogP contribution is 2.19.